The molecule has 2 nitrogen and oxygen atoms in total. The lowest BCUT2D eigenvalue weighted by atomic mass is 10.0. The topological polar surface area (TPSA) is 15.3 Å². The maximum absolute atomic E-state index is 13.5. The zero-order valence-electron chi connectivity index (χ0n) is 12.5. The maximum Gasteiger partial charge on any atom is 0.161 e. The van der Waals surface area contributed by atoms with Crippen molar-refractivity contribution in [2.75, 3.05) is 20.6 Å². The van der Waals surface area contributed by atoms with E-state index in [9.17, 15) is 13.2 Å². The van der Waals surface area contributed by atoms with Crippen LogP contribution >= 0.6 is 0 Å². The summed E-state index contributed by atoms with van der Waals surface area (Å²) in [5, 5.41) is 3.22. The molecule has 1 unspecified atom stereocenters. The first-order valence-electron chi connectivity index (χ1n) is 6.81. The third-order valence-corrected chi connectivity index (χ3v) is 3.01. The highest BCUT2D eigenvalue weighted by molar-refractivity contribution is 5.20. The van der Waals surface area contributed by atoms with Crippen molar-refractivity contribution in [3.63, 3.8) is 0 Å². The summed E-state index contributed by atoms with van der Waals surface area (Å²) in [6.45, 7) is 5.22. The molecule has 0 aromatic heterocycles. The van der Waals surface area contributed by atoms with Crippen LogP contribution in [0.5, 0.6) is 0 Å². The normalized spacial score (nSPS) is 13.2. The predicted octanol–water partition coefficient (Wildman–Crippen LogP) is 3.17. The van der Waals surface area contributed by atoms with Crippen LogP contribution in [0.4, 0.5) is 13.2 Å². The van der Waals surface area contributed by atoms with Crippen molar-refractivity contribution in [1.82, 2.24) is 10.2 Å². The van der Waals surface area contributed by atoms with Crippen LogP contribution in [0.15, 0.2) is 12.1 Å². The number of hydrogen-bond donors (Lipinski definition) is 1. The van der Waals surface area contributed by atoms with Crippen molar-refractivity contribution in [2.45, 2.75) is 32.9 Å². The molecule has 0 aliphatic rings. The van der Waals surface area contributed by atoms with Crippen molar-refractivity contribution >= 4 is 0 Å². The summed E-state index contributed by atoms with van der Waals surface area (Å²) in [5.74, 6) is -2.39. The van der Waals surface area contributed by atoms with Gasteiger partial charge in [0.25, 0.3) is 0 Å². The fourth-order valence-electron chi connectivity index (χ4n) is 2.19. The molecule has 0 saturated heterocycles. The van der Waals surface area contributed by atoms with Gasteiger partial charge in [-0.25, -0.2) is 13.2 Å². The third-order valence-electron chi connectivity index (χ3n) is 3.01. The lowest BCUT2D eigenvalue weighted by Gasteiger charge is -2.24. The number of likely N-dealkylation sites (N-methyl/N-ethyl adjacent to an activating group) is 1. The molecule has 114 valence electrons. The first-order valence-corrected chi connectivity index (χ1v) is 6.81. The fourth-order valence-corrected chi connectivity index (χ4v) is 2.19. The molecule has 1 aromatic rings. The first-order chi connectivity index (χ1) is 9.29. The van der Waals surface area contributed by atoms with Crippen LogP contribution < -0.4 is 5.32 Å². The fraction of sp³-hybridized carbons (Fsp3) is 0.600. The molecule has 0 spiro atoms. The van der Waals surface area contributed by atoms with Crippen LogP contribution in [0.3, 0.4) is 0 Å². The Hall–Kier alpha value is -1.07. The highest BCUT2D eigenvalue weighted by Gasteiger charge is 2.14. The smallest absolute Gasteiger partial charge is 0.161 e. The Morgan fingerprint density at radius 2 is 1.65 bits per heavy atom. The Bertz CT molecular complexity index is 423. The van der Waals surface area contributed by atoms with Gasteiger partial charge >= 0.3 is 0 Å². The molecule has 0 amide bonds. The van der Waals surface area contributed by atoms with Gasteiger partial charge in [0.05, 0.1) is 0 Å². The minimum absolute atomic E-state index is 0.149. The molecule has 1 rings (SSSR count). The highest BCUT2D eigenvalue weighted by Crippen LogP contribution is 2.14. The van der Waals surface area contributed by atoms with Crippen LogP contribution in [-0.4, -0.2) is 31.6 Å². The molecule has 0 aliphatic carbocycles. The molecular weight excluding hydrogens is 265 g/mol. The van der Waals surface area contributed by atoms with E-state index in [4.69, 9.17) is 0 Å². The molecule has 0 saturated carbocycles. The highest BCUT2D eigenvalue weighted by atomic mass is 19.2. The second-order valence-electron chi connectivity index (χ2n) is 5.83. The first kappa shape index (κ1) is 17.0. The van der Waals surface area contributed by atoms with Crippen molar-refractivity contribution in [3.8, 4) is 0 Å². The molecule has 0 bridgehead atoms. The number of halogens is 3. The van der Waals surface area contributed by atoms with E-state index in [2.05, 4.69) is 19.2 Å². The molecule has 1 aromatic carbocycles. The number of nitrogens with one attached hydrogen (secondary N) is 1. The van der Waals surface area contributed by atoms with E-state index in [1.807, 2.05) is 19.0 Å². The van der Waals surface area contributed by atoms with Crippen molar-refractivity contribution in [1.29, 1.82) is 0 Å². The van der Waals surface area contributed by atoms with Gasteiger partial charge in [0.1, 0.15) is 5.82 Å². The molecule has 1 atom stereocenters. The predicted molar refractivity (Wildman–Crippen MR) is 75.0 cm³/mol. The van der Waals surface area contributed by atoms with Gasteiger partial charge < -0.3 is 10.2 Å². The van der Waals surface area contributed by atoms with Crippen LogP contribution in [0.25, 0.3) is 0 Å². The second-order valence-corrected chi connectivity index (χ2v) is 5.83. The summed E-state index contributed by atoms with van der Waals surface area (Å²) >= 11 is 0. The maximum atomic E-state index is 13.5. The van der Waals surface area contributed by atoms with E-state index in [-0.39, 0.29) is 18.2 Å². The van der Waals surface area contributed by atoms with E-state index >= 15 is 0 Å². The van der Waals surface area contributed by atoms with Crippen LogP contribution in [-0.2, 0) is 6.54 Å². The summed E-state index contributed by atoms with van der Waals surface area (Å²) in [6.07, 6.45) is 0.934. The lowest BCUT2D eigenvalue weighted by Crippen LogP contribution is -2.39. The summed E-state index contributed by atoms with van der Waals surface area (Å²) in [6, 6.07) is 1.69. The minimum Gasteiger partial charge on any atom is -0.309 e. The largest absolute Gasteiger partial charge is 0.309 e. The summed E-state index contributed by atoms with van der Waals surface area (Å²) in [4.78, 5) is 2.04. The summed E-state index contributed by atoms with van der Waals surface area (Å²) < 4.78 is 39.5. The van der Waals surface area contributed by atoms with Gasteiger partial charge in [0, 0.05) is 30.8 Å². The lowest BCUT2D eigenvalue weighted by molar-refractivity contribution is 0.304. The second kappa shape index (κ2) is 7.64. The molecule has 0 aliphatic heterocycles. The van der Waals surface area contributed by atoms with Crippen molar-refractivity contribution in [2.24, 2.45) is 5.92 Å². The van der Waals surface area contributed by atoms with Gasteiger partial charge in [-0.1, -0.05) is 13.8 Å². The zero-order valence-corrected chi connectivity index (χ0v) is 12.5. The van der Waals surface area contributed by atoms with Gasteiger partial charge in [0.2, 0.25) is 0 Å². The summed E-state index contributed by atoms with van der Waals surface area (Å²) in [5.41, 5.74) is 0.149. The van der Waals surface area contributed by atoms with E-state index in [0.29, 0.717) is 12.0 Å². The van der Waals surface area contributed by atoms with E-state index in [1.54, 1.807) is 0 Å². The molecule has 5 heteroatoms. The SMILES string of the molecule is CC(C)CC(CN(C)C)NCc1cc(F)c(F)cc1F. The molecule has 0 fully saturated rings. The Balaban J connectivity index is 2.69. The molecule has 20 heavy (non-hydrogen) atoms. The van der Waals surface area contributed by atoms with E-state index in [0.717, 1.165) is 19.0 Å². The minimum atomic E-state index is -1.15. The van der Waals surface area contributed by atoms with Crippen LogP contribution in [0.1, 0.15) is 25.8 Å². The van der Waals surface area contributed by atoms with E-state index < -0.39 is 17.5 Å². The monoisotopic (exact) mass is 288 g/mol. The number of nitrogens with zero attached hydrogens (tertiary/aromatic N) is 1. The van der Waals surface area contributed by atoms with Crippen LogP contribution in [0.2, 0.25) is 0 Å². The third kappa shape index (κ3) is 5.51. The standard InChI is InChI=1S/C15H23F3N2/c1-10(2)5-12(9-20(3)4)19-8-11-6-14(17)15(18)7-13(11)16/h6-7,10,12,19H,5,8-9H2,1-4H3. The van der Waals surface area contributed by atoms with Crippen LogP contribution in [0, 0.1) is 23.4 Å². The van der Waals surface area contributed by atoms with Gasteiger partial charge in [-0.15, -0.1) is 0 Å². The molecule has 0 heterocycles. The van der Waals surface area contributed by atoms with Gasteiger partial charge in [-0.05, 0) is 32.5 Å². The Morgan fingerprint density at radius 1 is 1.05 bits per heavy atom. The van der Waals surface area contributed by atoms with Crippen molar-refractivity contribution in [3.05, 3.63) is 35.1 Å². The molecular formula is C15H23F3N2. The van der Waals surface area contributed by atoms with Gasteiger partial charge in [0.15, 0.2) is 11.6 Å². The van der Waals surface area contributed by atoms with Gasteiger partial charge in [-0.3, -0.25) is 0 Å². The van der Waals surface area contributed by atoms with Gasteiger partial charge in [-0.2, -0.15) is 0 Å². The summed E-state index contributed by atoms with van der Waals surface area (Å²) in [7, 11) is 3.93. The quantitative estimate of drug-likeness (QED) is 0.775. The molecule has 1 N–H and O–H groups in total. The number of hydrogen-bond acceptors (Lipinski definition) is 2. The average Bonchev–Trinajstić information content (AvgIpc) is 2.30. The Morgan fingerprint density at radius 3 is 2.20 bits per heavy atom. The Labute approximate surface area is 119 Å². The molecule has 0 radical (unpaired) electrons. The zero-order chi connectivity index (χ0) is 15.3. The average molecular weight is 288 g/mol. The number of rotatable bonds is 7. The Kier molecular flexibility index (Phi) is 6.49. The van der Waals surface area contributed by atoms with Crippen molar-refractivity contribution < 1.29 is 13.2 Å². The van der Waals surface area contributed by atoms with E-state index in [1.165, 1.54) is 0 Å². The number of benzene rings is 1.